The maximum atomic E-state index is 11.4. The van der Waals surface area contributed by atoms with Gasteiger partial charge in [-0.25, -0.2) is 4.79 Å². The topological polar surface area (TPSA) is 109 Å². The molecule has 150 valence electrons. The van der Waals surface area contributed by atoms with Crippen LogP contribution in [0.1, 0.15) is 66.3 Å². The van der Waals surface area contributed by atoms with Gasteiger partial charge in [0.25, 0.3) is 0 Å². The van der Waals surface area contributed by atoms with E-state index in [9.17, 15) is 14.7 Å². The molecule has 3 atom stereocenters. The third-order valence-corrected chi connectivity index (χ3v) is 4.86. The van der Waals surface area contributed by atoms with Crippen molar-refractivity contribution in [3.8, 4) is 0 Å². The fraction of sp³-hybridized carbons (Fsp3) is 0.429. The Morgan fingerprint density at radius 3 is 2.43 bits per heavy atom. The first-order valence-electron chi connectivity index (χ1n) is 9.37. The van der Waals surface area contributed by atoms with Crippen molar-refractivity contribution in [2.45, 2.75) is 44.9 Å². The number of carboxylic acids is 1. The van der Waals surface area contributed by atoms with Crippen LogP contribution in [-0.4, -0.2) is 34.7 Å². The van der Waals surface area contributed by atoms with Gasteiger partial charge in [0, 0.05) is 6.42 Å². The van der Waals surface area contributed by atoms with E-state index in [0.717, 1.165) is 11.1 Å². The predicted molar refractivity (Wildman–Crippen MR) is 101 cm³/mol. The van der Waals surface area contributed by atoms with Gasteiger partial charge in [-0.2, -0.15) is 0 Å². The van der Waals surface area contributed by atoms with Crippen LogP contribution in [0.2, 0.25) is 0 Å². The summed E-state index contributed by atoms with van der Waals surface area (Å²) in [5.41, 5.74) is 1.57. The smallest absolute Gasteiger partial charge is 0.371 e. The lowest BCUT2D eigenvalue weighted by Gasteiger charge is -2.20. The summed E-state index contributed by atoms with van der Waals surface area (Å²) in [7, 11) is 0. The van der Waals surface area contributed by atoms with E-state index in [2.05, 4.69) is 5.32 Å². The van der Waals surface area contributed by atoms with Crippen molar-refractivity contribution in [1.29, 1.82) is 0 Å². The predicted octanol–water partition coefficient (Wildman–Crippen LogP) is 3.05. The number of amides is 1. The second-order valence-electron chi connectivity index (χ2n) is 7.38. The molecule has 2 heterocycles. The summed E-state index contributed by atoms with van der Waals surface area (Å²) in [6.45, 7) is 4.17. The van der Waals surface area contributed by atoms with E-state index in [4.69, 9.17) is 14.3 Å². The van der Waals surface area contributed by atoms with Crippen LogP contribution >= 0.6 is 0 Å². The molecule has 1 aromatic carbocycles. The minimum absolute atomic E-state index is 0.00309. The number of aromatic carboxylic acids is 1. The van der Waals surface area contributed by atoms with Crippen LogP contribution in [0.15, 0.2) is 40.8 Å². The standard InChI is InChI=1S/C21H25NO6/c1-12(2)19(24)13-3-5-14(6-4-13)20(16-8-9-17(28-16)21(25)26)27-11-15-7-10-18(23)22-15/h3-6,8-9,12,15,19-20,24H,7,10-11H2,1-2H3,(H,22,23)(H,25,26)/t15?,19-,20?/m1/s1. The first kappa shape index (κ1) is 20.1. The number of hydrogen-bond acceptors (Lipinski definition) is 5. The largest absolute Gasteiger partial charge is 0.475 e. The van der Waals surface area contributed by atoms with Gasteiger partial charge in [0.15, 0.2) is 0 Å². The van der Waals surface area contributed by atoms with Gasteiger partial charge in [-0.05, 0) is 35.6 Å². The minimum Gasteiger partial charge on any atom is -0.475 e. The fourth-order valence-corrected chi connectivity index (χ4v) is 3.22. The molecule has 0 spiro atoms. The van der Waals surface area contributed by atoms with Gasteiger partial charge in [0.2, 0.25) is 11.7 Å². The average molecular weight is 387 g/mol. The molecule has 7 nitrogen and oxygen atoms in total. The average Bonchev–Trinajstić information content (AvgIpc) is 3.31. The minimum atomic E-state index is -1.15. The van der Waals surface area contributed by atoms with E-state index < -0.39 is 18.2 Å². The zero-order valence-corrected chi connectivity index (χ0v) is 15.9. The van der Waals surface area contributed by atoms with Gasteiger partial charge < -0.3 is 24.7 Å². The Hall–Kier alpha value is -2.64. The Bertz CT molecular complexity index is 826. The first-order valence-corrected chi connectivity index (χ1v) is 9.37. The quantitative estimate of drug-likeness (QED) is 0.642. The highest BCUT2D eigenvalue weighted by Crippen LogP contribution is 2.30. The van der Waals surface area contributed by atoms with Crippen molar-refractivity contribution in [1.82, 2.24) is 5.32 Å². The second kappa shape index (κ2) is 8.58. The van der Waals surface area contributed by atoms with Gasteiger partial charge in [-0.3, -0.25) is 4.79 Å². The number of carbonyl (C=O) groups is 2. The molecule has 1 saturated heterocycles. The molecule has 2 aromatic rings. The summed E-state index contributed by atoms with van der Waals surface area (Å²) < 4.78 is 11.5. The molecular formula is C21H25NO6. The molecule has 3 rings (SSSR count). The maximum Gasteiger partial charge on any atom is 0.371 e. The van der Waals surface area contributed by atoms with Crippen molar-refractivity contribution in [2.75, 3.05) is 6.61 Å². The molecule has 1 aliphatic rings. The number of benzene rings is 1. The van der Waals surface area contributed by atoms with Crippen LogP contribution in [0.4, 0.5) is 0 Å². The normalized spacial score (nSPS) is 18.9. The Morgan fingerprint density at radius 2 is 1.89 bits per heavy atom. The third-order valence-electron chi connectivity index (χ3n) is 4.86. The molecule has 2 unspecified atom stereocenters. The fourth-order valence-electron chi connectivity index (χ4n) is 3.22. The van der Waals surface area contributed by atoms with E-state index in [0.29, 0.717) is 18.6 Å². The molecule has 1 amide bonds. The summed E-state index contributed by atoms with van der Waals surface area (Å²) in [6, 6.07) is 10.2. The number of carbonyl (C=O) groups excluding carboxylic acids is 1. The van der Waals surface area contributed by atoms with Gasteiger partial charge in [-0.1, -0.05) is 38.1 Å². The Morgan fingerprint density at radius 1 is 1.21 bits per heavy atom. The van der Waals surface area contributed by atoms with Crippen LogP contribution in [0.3, 0.4) is 0 Å². The number of aliphatic hydroxyl groups excluding tert-OH is 1. The summed E-state index contributed by atoms with van der Waals surface area (Å²) in [5, 5.41) is 22.2. The van der Waals surface area contributed by atoms with Gasteiger partial charge in [-0.15, -0.1) is 0 Å². The van der Waals surface area contributed by atoms with Gasteiger partial charge >= 0.3 is 5.97 Å². The molecule has 3 N–H and O–H groups in total. The number of carboxylic acid groups (broad SMARTS) is 1. The Balaban J connectivity index is 1.82. The van der Waals surface area contributed by atoms with Crippen LogP contribution in [0.5, 0.6) is 0 Å². The Labute approximate surface area is 163 Å². The lowest BCUT2D eigenvalue weighted by Crippen LogP contribution is -2.30. The highest BCUT2D eigenvalue weighted by Gasteiger charge is 2.26. The maximum absolute atomic E-state index is 11.4. The molecule has 1 aromatic heterocycles. The number of ether oxygens (including phenoxy) is 1. The highest BCUT2D eigenvalue weighted by atomic mass is 16.5. The molecule has 1 aliphatic heterocycles. The van der Waals surface area contributed by atoms with Crippen molar-refractivity contribution >= 4 is 11.9 Å². The van der Waals surface area contributed by atoms with Crippen molar-refractivity contribution in [2.24, 2.45) is 5.92 Å². The summed E-state index contributed by atoms with van der Waals surface area (Å²) in [6.07, 6.45) is -0.00578. The molecule has 1 fully saturated rings. The number of nitrogens with one attached hydrogen (secondary N) is 1. The Kier molecular flexibility index (Phi) is 6.16. The lowest BCUT2D eigenvalue weighted by molar-refractivity contribution is -0.119. The summed E-state index contributed by atoms with van der Waals surface area (Å²) in [5.74, 6) is -0.845. The van der Waals surface area contributed by atoms with Crippen LogP contribution in [0.25, 0.3) is 0 Å². The molecule has 0 aliphatic carbocycles. The van der Waals surface area contributed by atoms with E-state index in [1.54, 1.807) is 6.07 Å². The summed E-state index contributed by atoms with van der Waals surface area (Å²) in [4.78, 5) is 22.5. The van der Waals surface area contributed by atoms with E-state index in [1.165, 1.54) is 6.07 Å². The van der Waals surface area contributed by atoms with Crippen LogP contribution < -0.4 is 5.32 Å². The molecule has 0 bridgehead atoms. The van der Waals surface area contributed by atoms with E-state index >= 15 is 0 Å². The van der Waals surface area contributed by atoms with Crippen molar-refractivity contribution in [3.05, 3.63) is 59.0 Å². The molecular weight excluding hydrogens is 362 g/mol. The zero-order chi connectivity index (χ0) is 20.3. The van der Waals surface area contributed by atoms with Gasteiger partial charge in [0.05, 0.1) is 18.8 Å². The van der Waals surface area contributed by atoms with Crippen LogP contribution in [-0.2, 0) is 9.53 Å². The zero-order valence-electron chi connectivity index (χ0n) is 15.9. The number of hydrogen-bond donors (Lipinski definition) is 3. The second-order valence-corrected chi connectivity index (χ2v) is 7.38. The molecule has 0 saturated carbocycles. The SMILES string of the molecule is CC(C)[C@@H](O)c1ccc(C(OCC2CCC(=O)N2)c2ccc(C(=O)O)o2)cc1. The number of aliphatic hydroxyl groups is 1. The summed E-state index contributed by atoms with van der Waals surface area (Å²) >= 11 is 0. The van der Waals surface area contributed by atoms with Gasteiger partial charge in [0.1, 0.15) is 11.9 Å². The molecule has 0 radical (unpaired) electrons. The van der Waals surface area contributed by atoms with Crippen molar-refractivity contribution < 1.29 is 29.0 Å². The van der Waals surface area contributed by atoms with Crippen molar-refractivity contribution in [3.63, 3.8) is 0 Å². The highest BCUT2D eigenvalue weighted by molar-refractivity contribution is 5.84. The van der Waals surface area contributed by atoms with E-state index in [1.807, 2.05) is 38.1 Å². The molecule has 28 heavy (non-hydrogen) atoms. The number of rotatable bonds is 8. The first-order chi connectivity index (χ1) is 13.3. The third kappa shape index (κ3) is 4.61. The van der Waals surface area contributed by atoms with E-state index in [-0.39, 0.29) is 30.2 Å². The number of furan rings is 1. The monoisotopic (exact) mass is 387 g/mol. The lowest BCUT2D eigenvalue weighted by atomic mass is 9.97. The van der Waals surface area contributed by atoms with Crippen LogP contribution in [0, 0.1) is 5.92 Å². The molecule has 7 heteroatoms.